The molecular weight excluding hydrogens is 544 g/mol. The SMILES string of the molecule is COc1cc(C(=O)OCC2OC(OC(C)(C)C3Cc4cc5ccc(=O)oc5c(O)c4O3)C(O)C(O)C2O)ccc1O. The van der Waals surface area contributed by atoms with E-state index in [1.165, 1.54) is 37.4 Å². The van der Waals surface area contributed by atoms with Gasteiger partial charge in [-0.15, -0.1) is 0 Å². The lowest BCUT2D eigenvalue weighted by Crippen LogP contribution is -2.61. The quantitative estimate of drug-likeness (QED) is 0.198. The molecule has 0 bridgehead atoms. The van der Waals surface area contributed by atoms with Gasteiger partial charge in [-0.3, -0.25) is 0 Å². The molecule has 2 aliphatic heterocycles. The summed E-state index contributed by atoms with van der Waals surface area (Å²) >= 11 is 0. The average molecular weight is 575 g/mol. The van der Waals surface area contributed by atoms with Crippen LogP contribution in [0.4, 0.5) is 0 Å². The third kappa shape index (κ3) is 5.42. The van der Waals surface area contributed by atoms with E-state index >= 15 is 0 Å². The summed E-state index contributed by atoms with van der Waals surface area (Å²) < 4.78 is 33.1. The first-order valence-electron chi connectivity index (χ1n) is 12.8. The zero-order valence-corrected chi connectivity index (χ0v) is 22.3. The Balaban J connectivity index is 1.28. The highest BCUT2D eigenvalue weighted by Gasteiger charge is 2.49. The van der Waals surface area contributed by atoms with E-state index in [1.807, 2.05) is 0 Å². The normalized spacial score (nSPS) is 25.9. The Morgan fingerprint density at radius 3 is 2.54 bits per heavy atom. The third-order valence-electron chi connectivity index (χ3n) is 7.24. The van der Waals surface area contributed by atoms with Crippen molar-refractivity contribution in [1.29, 1.82) is 0 Å². The molecule has 13 heteroatoms. The van der Waals surface area contributed by atoms with Crippen molar-refractivity contribution >= 4 is 16.9 Å². The molecule has 0 aliphatic carbocycles. The third-order valence-corrected chi connectivity index (χ3v) is 7.24. The molecule has 3 aromatic rings. The van der Waals surface area contributed by atoms with Gasteiger partial charge in [0, 0.05) is 23.4 Å². The Labute approximate surface area is 233 Å². The van der Waals surface area contributed by atoms with Gasteiger partial charge in [0.05, 0.1) is 12.7 Å². The molecule has 1 aromatic heterocycles. The molecule has 0 amide bonds. The fourth-order valence-electron chi connectivity index (χ4n) is 4.86. The molecule has 2 aromatic carbocycles. The molecule has 5 rings (SSSR count). The summed E-state index contributed by atoms with van der Waals surface area (Å²) in [7, 11) is 1.32. The first kappa shape index (κ1) is 28.6. The van der Waals surface area contributed by atoms with E-state index in [1.54, 1.807) is 19.9 Å². The van der Waals surface area contributed by atoms with Gasteiger partial charge in [0.1, 0.15) is 42.7 Å². The number of phenols is 2. The van der Waals surface area contributed by atoms with Crippen LogP contribution in [0, 0.1) is 0 Å². The molecule has 0 spiro atoms. The van der Waals surface area contributed by atoms with Crippen molar-refractivity contribution in [1.82, 2.24) is 0 Å². The molecule has 6 unspecified atom stereocenters. The average Bonchev–Trinajstić information content (AvgIpc) is 3.39. The highest BCUT2D eigenvalue weighted by Crippen LogP contribution is 2.45. The van der Waals surface area contributed by atoms with Crippen molar-refractivity contribution in [3.05, 3.63) is 57.9 Å². The first-order valence-corrected chi connectivity index (χ1v) is 12.8. The van der Waals surface area contributed by atoms with Crippen LogP contribution in [0.1, 0.15) is 29.8 Å². The van der Waals surface area contributed by atoms with Crippen LogP contribution in [0.3, 0.4) is 0 Å². The Morgan fingerprint density at radius 2 is 1.80 bits per heavy atom. The number of phenolic OH excluding ortho intramolecular Hbond substituents is 2. The molecule has 13 nitrogen and oxygen atoms in total. The molecule has 3 heterocycles. The van der Waals surface area contributed by atoms with Gasteiger partial charge in [-0.25, -0.2) is 9.59 Å². The van der Waals surface area contributed by atoms with Gasteiger partial charge in [0.15, 0.2) is 29.1 Å². The van der Waals surface area contributed by atoms with E-state index in [2.05, 4.69) is 0 Å². The van der Waals surface area contributed by atoms with E-state index in [0.717, 1.165) is 0 Å². The second-order valence-electron chi connectivity index (χ2n) is 10.4. The van der Waals surface area contributed by atoms with Crippen molar-refractivity contribution < 1.29 is 58.4 Å². The van der Waals surface area contributed by atoms with Crippen LogP contribution in [0.15, 0.2) is 45.6 Å². The summed E-state index contributed by atoms with van der Waals surface area (Å²) in [6, 6.07) is 8.35. The van der Waals surface area contributed by atoms with E-state index < -0.39 is 60.6 Å². The Kier molecular flexibility index (Phi) is 7.57. The van der Waals surface area contributed by atoms with Crippen LogP contribution in [0.2, 0.25) is 0 Å². The first-order chi connectivity index (χ1) is 19.4. The number of carbonyl (C=O) groups excluding carboxylic acids is 1. The maximum Gasteiger partial charge on any atom is 0.338 e. The summed E-state index contributed by atoms with van der Waals surface area (Å²) in [5.74, 6) is -1.11. The van der Waals surface area contributed by atoms with E-state index in [4.69, 9.17) is 28.1 Å². The molecule has 2 aliphatic rings. The molecule has 1 fully saturated rings. The topological polar surface area (TPSA) is 195 Å². The van der Waals surface area contributed by atoms with Gasteiger partial charge in [-0.2, -0.15) is 0 Å². The van der Waals surface area contributed by atoms with Crippen LogP contribution in [0.5, 0.6) is 23.0 Å². The van der Waals surface area contributed by atoms with Crippen molar-refractivity contribution in [2.45, 2.75) is 62.7 Å². The van der Waals surface area contributed by atoms with Crippen molar-refractivity contribution in [2.24, 2.45) is 0 Å². The number of aliphatic hydroxyl groups is 3. The molecule has 6 atom stereocenters. The number of hydrogen-bond donors (Lipinski definition) is 5. The number of rotatable bonds is 7. The molecular formula is C28H30O13. The lowest BCUT2D eigenvalue weighted by molar-refractivity contribution is -0.329. The van der Waals surface area contributed by atoms with Gasteiger partial charge in [-0.1, -0.05) is 0 Å². The van der Waals surface area contributed by atoms with Crippen molar-refractivity contribution in [3.8, 4) is 23.0 Å². The number of methoxy groups -OCH3 is 1. The Hall–Kier alpha value is -3.88. The second-order valence-corrected chi connectivity index (χ2v) is 10.4. The molecule has 0 saturated carbocycles. The van der Waals surface area contributed by atoms with Crippen LogP contribution >= 0.6 is 0 Å². The smallest absolute Gasteiger partial charge is 0.338 e. The van der Waals surface area contributed by atoms with Gasteiger partial charge in [0.25, 0.3) is 0 Å². The zero-order chi connectivity index (χ0) is 29.6. The monoisotopic (exact) mass is 574 g/mol. The number of benzene rings is 2. The molecule has 220 valence electrons. The zero-order valence-electron chi connectivity index (χ0n) is 22.3. The number of hydrogen-bond acceptors (Lipinski definition) is 13. The minimum atomic E-state index is -1.69. The van der Waals surface area contributed by atoms with E-state index in [0.29, 0.717) is 10.9 Å². The molecule has 0 radical (unpaired) electrons. The van der Waals surface area contributed by atoms with Crippen molar-refractivity contribution in [3.63, 3.8) is 0 Å². The van der Waals surface area contributed by atoms with Crippen LogP contribution in [-0.2, 0) is 20.6 Å². The number of carbonyl (C=O) groups is 1. The lowest BCUT2D eigenvalue weighted by Gasteiger charge is -2.43. The number of aliphatic hydroxyl groups excluding tert-OH is 3. The van der Waals surface area contributed by atoms with Gasteiger partial charge < -0.3 is 53.6 Å². The standard InChI is InChI=1S/C28H30O13/c1-28(2,18-10-14-8-12-5-7-19(30)40-24(12)23(34)25(14)39-18)41-27-22(33)21(32)20(31)17(38-27)11-37-26(35)13-4-6-15(29)16(9-13)36-3/h4-9,17-18,20-22,27,29,31-34H,10-11H2,1-3H3. The van der Waals surface area contributed by atoms with E-state index in [9.17, 15) is 35.1 Å². The lowest BCUT2D eigenvalue weighted by atomic mass is 9.95. The summed E-state index contributed by atoms with van der Waals surface area (Å²) in [5, 5.41) is 52.5. The second kappa shape index (κ2) is 10.8. The minimum absolute atomic E-state index is 0.0121. The highest BCUT2D eigenvalue weighted by molar-refractivity contribution is 5.90. The Morgan fingerprint density at radius 1 is 1.05 bits per heavy atom. The maximum atomic E-state index is 12.5. The predicted octanol–water partition coefficient (Wildman–Crippen LogP) is 0.976. The summed E-state index contributed by atoms with van der Waals surface area (Å²) in [4.78, 5) is 24.2. The predicted molar refractivity (Wildman–Crippen MR) is 139 cm³/mol. The van der Waals surface area contributed by atoms with Crippen molar-refractivity contribution in [2.75, 3.05) is 13.7 Å². The van der Waals surface area contributed by atoms with Gasteiger partial charge in [-0.05, 0) is 44.2 Å². The van der Waals surface area contributed by atoms with Crippen LogP contribution in [-0.4, -0.2) is 87.6 Å². The number of esters is 1. The number of ether oxygens (including phenoxy) is 5. The Bertz CT molecular complexity index is 1510. The largest absolute Gasteiger partial charge is 0.504 e. The fraction of sp³-hybridized carbons (Fsp3) is 0.429. The van der Waals surface area contributed by atoms with E-state index in [-0.39, 0.29) is 40.6 Å². The minimum Gasteiger partial charge on any atom is -0.504 e. The summed E-state index contributed by atoms with van der Waals surface area (Å²) in [5.41, 5.74) is -1.12. The van der Waals surface area contributed by atoms with Gasteiger partial charge in [0.2, 0.25) is 5.75 Å². The van der Waals surface area contributed by atoms with Crippen LogP contribution in [0.25, 0.3) is 11.0 Å². The highest BCUT2D eigenvalue weighted by atomic mass is 16.7. The molecule has 1 saturated heterocycles. The van der Waals surface area contributed by atoms with Gasteiger partial charge >= 0.3 is 11.6 Å². The molecule has 5 N–H and O–H groups in total. The number of fused-ring (bicyclic) bond motifs is 2. The summed E-state index contributed by atoms with van der Waals surface area (Å²) in [6.07, 6.45) is -8.10. The summed E-state index contributed by atoms with van der Waals surface area (Å²) in [6.45, 7) is 2.81. The van der Waals surface area contributed by atoms with Crippen LogP contribution < -0.4 is 15.1 Å². The maximum absolute atomic E-state index is 12.5. The fourth-order valence-corrected chi connectivity index (χ4v) is 4.86. The molecule has 41 heavy (non-hydrogen) atoms. The number of aromatic hydroxyl groups is 2.